The molecule has 0 spiro atoms. The molecular formula is C32H28O2S2. The van der Waals surface area contributed by atoms with Crippen molar-refractivity contribution in [2.24, 2.45) is 0 Å². The molecule has 6 aromatic rings. The Morgan fingerprint density at radius 2 is 0.972 bits per heavy atom. The SMILES string of the molecule is CC(C)c1cc(C(C)C)c2sc3ccccc3c(=O)c2c1.O=c1c2ccccc2sc2ccccc12. The molecule has 0 aliphatic carbocycles. The lowest BCUT2D eigenvalue weighted by Gasteiger charge is -2.15. The summed E-state index contributed by atoms with van der Waals surface area (Å²) in [6, 6.07) is 27.8. The standard InChI is InChI=1S/C19H20OS.C13H8OS/c1-11(2)13-9-15(12(3)4)19-16(10-13)18(20)14-7-5-6-8-17(14)21-19;14-13-9-5-1-3-7-11(9)15-12-8-4-2-6-10(12)13/h5-12H,1-4H3;1-8H. The van der Waals surface area contributed by atoms with Crippen molar-refractivity contribution in [1.29, 1.82) is 0 Å². The molecule has 4 heteroatoms. The molecule has 0 N–H and O–H groups in total. The average Bonchev–Trinajstić information content (AvgIpc) is 2.89. The largest absolute Gasteiger partial charge is 0.289 e. The molecule has 0 unspecified atom stereocenters. The molecule has 2 aromatic heterocycles. The second-order valence-electron chi connectivity index (χ2n) is 9.65. The number of rotatable bonds is 2. The third-order valence-electron chi connectivity index (χ3n) is 6.50. The lowest BCUT2D eigenvalue weighted by atomic mass is 9.93. The van der Waals surface area contributed by atoms with Gasteiger partial charge in [-0.25, -0.2) is 0 Å². The van der Waals surface area contributed by atoms with E-state index in [1.807, 2.05) is 72.8 Å². The van der Waals surface area contributed by atoms with Crippen LogP contribution in [-0.2, 0) is 0 Å². The molecule has 0 aliphatic heterocycles. The number of hydrogen-bond acceptors (Lipinski definition) is 4. The third-order valence-corrected chi connectivity index (χ3v) is 8.89. The average molecular weight is 509 g/mol. The van der Waals surface area contributed by atoms with E-state index in [0.29, 0.717) is 11.8 Å². The molecular weight excluding hydrogens is 480 g/mol. The Bertz CT molecular complexity index is 1780. The van der Waals surface area contributed by atoms with Crippen molar-refractivity contribution in [3.8, 4) is 0 Å². The van der Waals surface area contributed by atoms with Crippen LogP contribution in [0.4, 0.5) is 0 Å². The molecule has 0 amide bonds. The fourth-order valence-corrected chi connectivity index (χ4v) is 6.85. The van der Waals surface area contributed by atoms with Gasteiger partial charge >= 0.3 is 0 Å². The fraction of sp³-hybridized carbons (Fsp3) is 0.188. The van der Waals surface area contributed by atoms with Crippen molar-refractivity contribution in [3.05, 3.63) is 117 Å². The highest BCUT2D eigenvalue weighted by atomic mass is 32.1. The van der Waals surface area contributed by atoms with Crippen LogP contribution in [0.5, 0.6) is 0 Å². The van der Waals surface area contributed by atoms with Gasteiger partial charge in [0.15, 0.2) is 10.9 Å². The quantitative estimate of drug-likeness (QED) is 0.219. The summed E-state index contributed by atoms with van der Waals surface area (Å²) < 4.78 is 4.34. The van der Waals surface area contributed by atoms with Crippen molar-refractivity contribution >= 4 is 63.0 Å². The predicted octanol–water partition coefficient (Wildman–Crippen LogP) is 9.08. The van der Waals surface area contributed by atoms with E-state index >= 15 is 0 Å². The van der Waals surface area contributed by atoms with Crippen molar-refractivity contribution in [2.45, 2.75) is 39.5 Å². The van der Waals surface area contributed by atoms with Gasteiger partial charge in [0.25, 0.3) is 0 Å². The van der Waals surface area contributed by atoms with Crippen LogP contribution >= 0.6 is 22.7 Å². The van der Waals surface area contributed by atoms with E-state index in [-0.39, 0.29) is 10.9 Å². The number of hydrogen-bond donors (Lipinski definition) is 0. The van der Waals surface area contributed by atoms with Gasteiger partial charge in [-0.1, -0.05) is 70.2 Å². The Hall–Kier alpha value is -3.34. The van der Waals surface area contributed by atoms with E-state index in [9.17, 15) is 9.59 Å². The van der Waals surface area contributed by atoms with Crippen LogP contribution in [-0.4, -0.2) is 0 Å². The van der Waals surface area contributed by atoms with Crippen molar-refractivity contribution in [3.63, 3.8) is 0 Å². The summed E-state index contributed by atoms with van der Waals surface area (Å²) in [4.78, 5) is 24.9. The molecule has 0 saturated carbocycles. The molecule has 2 nitrogen and oxygen atoms in total. The van der Waals surface area contributed by atoms with Gasteiger partial charge < -0.3 is 0 Å². The highest BCUT2D eigenvalue weighted by molar-refractivity contribution is 7.25. The maximum Gasteiger partial charge on any atom is 0.195 e. The van der Waals surface area contributed by atoms with Gasteiger partial charge in [-0.15, -0.1) is 22.7 Å². The Labute approximate surface area is 218 Å². The molecule has 6 rings (SSSR count). The molecule has 0 aliphatic rings. The van der Waals surface area contributed by atoms with Gasteiger partial charge in [-0.2, -0.15) is 0 Å². The van der Waals surface area contributed by atoms with Crippen LogP contribution < -0.4 is 10.9 Å². The van der Waals surface area contributed by atoms with Crippen LogP contribution in [0, 0.1) is 0 Å². The minimum absolute atomic E-state index is 0.139. The smallest absolute Gasteiger partial charge is 0.195 e. The Kier molecular flexibility index (Phi) is 6.74. The maximum absolute atomic E-state index is 12.8. The summed E-state index contributed by atoms with van der Waals surface area (Å²) in [5.74, 6) is 0.853. The first-order chi connectivity index (χ1) is 17.3. The molecule has 0 bridgehead atoms. The minimum atomic E-state index is 0.139. The van der Waals surface area contributed by atoms with Gasteiger partial charge in [0.2, 0.25) is 0 Å². The normalized spacial score (nSPS) is 11.5. The summed E-state index contributed by atoms with van der Waals surface area (Å²) in [5.41, 5.74) is 2.86. The molecule has 4 aromatic carbocycles. The van der Waals surface area contributed by atoms with Gasteiger partial charge in [0, 0.05) is 40.3 Å². The monoisotopic (exact) mass is 508 g/mol. The summed E-state index contributed by atoms with van der Waals surface area (Å²) >= 11 is 3.41. The van der Waals surface area contributed by atoms with Gasteiger partial charge in [0.05, 0.1) is 0 Å². The van der Waals surface area contributed by atoms with Crippen LogP contribution in [0.3, 0.4) is 0 Å². The molecule has 0 saturated heterocycles. The zero-order valence-corrected chi connectivity index (χ0v) is 22.5. The maximum atomic E-state index is 12.8. The lowest BCUT2D eigenvalue weighted by molar-refractivity contribution is 0.842. The zero-order valence-electron chi connectivity index (χ0n) is 20.9. The lowest BCUT2D eigenvalue weighted by Crippen LogP contribution is -2.04. The Balaban J connectivity index is 0.000000156. The minimum Gasteiger partial charge on any atom is -0.289 e. The number of fused-ring (bicyclic) bond motifs is 4. The van der Waals surface area contributed by atoms with Crippen LogP contribution in [0.15, 0.2) is 94.5 Å². The topological polar surface area (TPSA) is 34.1 Å². The second-order valence-corrected chi connectivity index (χ2v) is 11.8. The summed E-state index contributed by atoms with van der Waals surface area (Å²) in [5, 5.41) is 3.36. The van der Waals surface area contributed by atoms with Crippen LogP contribution in [0.1, 0.15) is 50.7 Å². The number of benzene rings is 4. The van der Waals surface area contributed by atoms with Gasteiger partial charge in [-0.3, -0.25) is 9.59 Å². The van der Waals surface area contributed by atoms with Gasteiger partial charge in [-0.05, 0) is 65.4 Å². The first kappa shape index (κ1) is 24.4. The van der Waals surface area contributed by atoms with E-state index in [1.165, 1.54) is 11.1 Å². The van der Waals surface area contributed by atoms with Gasteiger partial charge in [0.1, 0.15) is 0 Å². The van der Waals surface area contributed by atoms with E-state index in [1.54, 1.807) is 22.7 Å². The molecule has 0 atom stereocenters. The molecule has 2 heterocycles. The zero-order chi connectivity index (χ0) is 25.4. The van der Waals surface area contributed by atoms with E-state index in [4.69, 9.17) is 0 Å². The van der Waals surface area contributed by atoms with Crippen LogP contribution in [0.2, 0.25) is 0 Å². The van der Waals surface area contributed by atoms with Crippen molar-refractivity contribution < 1.29 is 0 Å². The molecule has 36 heavy (non-hydrogen) atoms. The summed E-state index contributed by atoms with van der Waals surface area (Å²) in [6.07, 6.45) is 0. The first-order valence-corrected chi connectivity index (χ1v) is 13.9. The highest BCUT2D eigenvalue weighted by Crippen LogP contribution is 2.34. The van der Waals surface area contributed by atoms with Crippen LogP contribution in [0.25, 0.3) is 40.3 Å². The Morgan fingerprint density at radius 1 is 0.528 bits per heavy atom. The molecule has 180 valence electrons. The molecule has 0 radical (unpaired) electrons. The third kappa shape index (κ3) is 4.47. The molecule has 0 fully saturated rings. The summed E-state index contributed by atoms with van der Waals surface area (Å²) in [6.45, 7) is 8.76. The Morgan fingerprint density at radius 3 is 1.44 bits per heavy atom. The van der Waals surface area contributed by atoms with Crippen molar-refractivity contribution in [1.82, 2.24) is 0 Å². The second kappa shape index (κ2) is 9.96. The van der Waals surface area contributed by atoms with E-state index < -0.39 is 0 Å². The first-order valence-electron chi connectivity index (χ1n) is 12.2. The predicted molar refractivity (Wildman–Crippen MR) is 159 cm³/mol. The van der Waals surface area contributed by atoms with E-state index in [0.717, 1.165) is 40.3 Å². The fourth-order valence-electron chi connectivity index (χ4n) is 4.47. The van der Waals surface area contributed by atoms with Crippen molar-refractivity contribution in [2.75, 3.05) is 0 Å². The highest BCUT2D eigenvalue weighted by Gasteiger charge is 2.14. The summed E-state index contributed by atoms with van der Waals surface area (Å²) in [7, 11) is 0. The van der Waals surface area contributed by atoms with E-state index in [2.05, 4.69) is 39.8 Å².